The number of hydrogen-bond donors (Lipinski definition) is 2. The number of aromatic carboxylic acids is 1. The summed E-state index contributed by atoms with van der Waals surface area (Å²) in [5.41, 5.74) is -0.479. The average molecular weight is 341 g/mol. The summed E-state index contributed by atoms with van der Waals surface area (Å²) >= 11 is 0. The van der Waals surface area contributed by atoms with E-state index >= 15 is 0 Å². The van der Waals surface area contributed by atoms with E-state index in [0.717, 1.165) is 10.7 Å². The first-order valence-corrected chi connectivity index (χ1v) is 6.87. The second-order valence-corrected chi connectivity index (χ2v) is 5.16. The number of aryl methyl sites for hydroxylation is 1. The second kappa shape index (κ2) is 6.34. The van der Waals surface area contributed by atoms with Crippen LogP contribution in [-0.4, -0.2) is 26.8 Å². The van der Waals surface area contributed by atoms with Crippen LogP contribution in [0.4, 0.5) is 18.9 Å². The van der Waals surface area contributed by atoms with Crippen molar-refractivity contribution in [3.63, 3.8) is 0 Å². The normalized spacial score (nSPS) is 12.7. The molecule has 0 aliphatic rings. The molecule has 0 aliphatic carbocycles. The van der Waals surface area contributed by atoms with Gasteiger partial charge in [-0.25, -0.2) is 4.79 Å². The predicted molar refractivity (Wildman–Crippen MR) is 78.7 cm³/mol. The van der Waals surface area contributed by atoms with Crippen LogP contribution in [0.5, 0.6) is 0 Å². The molecule has 0 fully saturated rings. The van der Waals surface area contributed by atoms with Crippen LogP contribution in [0.25, 0.3) is 0 Å². The van der Waals surface area contributed by atoms with Gasteiger partial charge in [-0.2, -0.15) is 18.3 Å². The SMILES string of the molecule is Cc1cc(C(F)(F)F)nn1[C@@H](C)C(=O)Nc1ccc(C(=O)O)cc1. The lowest BCUT2D eigenvalue weighted by Gasteiger charge is -2.14. The minimum Gasteiger partial charge on any atom is -0.478 e. The summed E-state index contributed by atoms with van der Waals surface area (Å²) < 4.78 is 39.0. The zero-order chi connectivity index (χ0) is 18.1. The van der Waals surface area contributed by atoms with E-state index in [-0.39, 0.29) is 11.3 Å². The molecule has 0 radical (unpaired) electrons. The van der Waals surface area contributed by atoms with Gasteiger partial charge in [-0.3, -0.25) is 9.48 Å². The van der Waals surface area contributed by atoms with Crippen molar-refractivity contribution < 1.29 is 27.9 Å². The fourth-order valence-corrected chi connectivity index (χ4v) is 2.07. The van der Waals surface area contributed by atoms with Crippen LogP contribution in [0.3, 0.4) is 0 Å². The molecule has 1 amide bonds. The zero-order valence-electron chi connectivity index (χ0n) is 12.8. The van der Waals surface area contributed by atoms with Crippen molar-refractivity contribution in [1.82, 2.24) is 9.78 Å². The number of anilines is 1. The maximum atomic E-state index is 12.7. The minimum atomic E-state index is -4.58. The van der Waals surface area contributed by atoms with E-state index in [9.17, 15) is 22.8 Å². The summed E-state index contributed by atoms with van der Waals surface area (Å²) in [6, 6.07) is 5.30. The highest BCUT2D eigenvalue weighted by Crippen LogP contribution is 2.29. The van der Waals surface area contributed by atoms with Gasteiger partial charge in [0, 0.05) is 11.4 Å². The van der Waals surface area contributed by atoms with Crippen LogP contribution < -0.4 is 5.32 Å². The van der Waals surface area contributed by atoms with Crippen LogP contribution in [0.2, 0.25) is 0 Å². The molecule has 0 aliphatic heterocycles. The molecule has 0 saturated carbocycles. The monoisotopic (exact) mass is 341 g/mol. The number of nitrogens with one attached hydrogen (secondary N) is 1. The topological polar surface area (TPSA) is 84.2 Å². The Morgan fingerprint density at radius 2 is 1.83 bits per heavy atom. The molecule has 0 spiro atoms. The molecule has 1 aromatic carbocycles. The Morgan fingerprint density at radius 3 is 2.29 bits per heavy atom. The summed E-state index contributed by atoms with van der Waals surface area (Å²) in [6.45, 7) is 2.84. The van der Waals surface area contributed by atoms with Gasteiger partial charge in [-0.1, -0.05) is 0 Å². The molecule has 2 aromatic rings. The van der Waals surface area contributed by atoms with Gasteiger partial charge >= 0.3 is 12.1 Å². The van der Waals surface area contributed by atoms with E-state index in [1.54, 1.807) is 0 Å². The van der Waals surface area contributed by atoms with Crippen LogP contribution in [0, 0.1) is 6.92 Å². The first-order chi connectivity index (χ1) is 11.1. The van der Waals surface area contributed by atoms with Crippen molar-refractivity contribution in [2.45, 2.75) is 26.1 Å². The Kier molecular flexibility index (Phi) is 4.63. The molecular weight excluding hydrogens is 327 g/mol. The molecule has 6 nitrogen and oxygen atoms in total. The Bertz CT molecular complexity index is 767. The molecule has 0 bridgehead atoms. The quantitative estimate of drug-likeness (QED) is 0.895. The van der Waals surface area contributed by atoms with Gasteiger partial charge in [0.1, 0.15) is 6.04 Å². The standard InChI is InChI=1S/C15H14F3N3O3/c1-8-7-12(15(16,17)18)20-21(8)9(2)13(22)19-11-5-3-10(4-6-11)14(23)24/h3-7,9H,1-2H3,(H,19,22)(H,23,24)/t9-/m0/s1. The number of nitrogens with zero attached hydrogens (tertiary/aromatic N) is 2. The van der Waals surface area contributed by atoms with E-state index in [1.165, 1.54) is 38.1 Å². The van der Waals surface area contributed by atoms with Crippen molar-refractivity contribution in [2.75, 3.05) is 5.32 Å². The number of amides is 1. The number of carboxylic acid groups (broad SMARTS) is 1. The molecule has 2 N–H and O–H groups in total. The maximum Gasteiger partial charge on any atom is 0.435 e. The molecule has 0 saturated heterocycles. The third-order valence-corrected chi connectivity index (χ3v) is 3.36. The first kappa shape index (κ1) is 17.5. The van der Waals surface area contributed by atoms with E-state index in [0.29, 0.717) is 5.69 Å². The first-order valence-electron chi connectivity index (χ1n) is 6.87. The number of halogens is 3. The van der Waals surface area contributed by atoms with Crippen LogP contribution in [0.15, 0.2) is 30.3 Å². The lowest BCUT2D eigenvalue weighted by atomic mass is 10.2. The third kappa shape index (κ3) is 3.73. The van der Waals surface area contributed by atoms with E-state index in [4.69, 9.17) is 5.11 Å². The number of benzene rings is 1. The lowest BCUT2D eigenvalue weighted by Crippen LogP contribution is -2.25. The molecule has 2 rings (SSSR count). The summed E-state index contributed by atoms with van der Waals surface area (Å²) in [4.78, 5) is 22.9. The van der Waals surface area contributed by atoms with Crippen molar-refractivity contribution in [3.8, 4) is 0 Å². The molecule has 1 aromatic heterocycles. The van der Waals surface area contributed by atoms with Gasteiger partial charge in [-0.15, -0.1) is 0 Å². The summed E-state index contributed by atoms with van der Waals surface area (Å²) in [5, 5.41) is 14.7. The van der Waals surface area contributed by atoms with Crippen molar-refractivity contribution >= 4 is 17.6 Å². The highest BCUT2D eigenvalue weighted by atomic mass is 19.4. The molecule has 9 heteroatoms. The fraction of sp³-hybridized carbons (Fsp3) is 0.267. The summed E-state index contributed by atoms with van der Waals surface area (Å²) in [6.07, 6.45) is -4.58. The number of hydrogen-bond acceptors (Lipinski definition) is 3. The van der Waals surface area contributed by atoms with Crippen LogP contribution in [-0.2, 0) is 11.0 Å². The van der Waals surface area contributed by atoms with Gasteiger partial charge < -0.3 is 10.4 Å². The van der Waals surface area contributed by atoms with Gasteiger partial charge in [0.25, 0.3) is 0 Å². The van der Waals surface area contributed by atoms with Crippen molar-refractivity contribution in [2.24, 2.45) is 0 Å². The molecule has 1 heterocycles. The zero-order valence-corrected chi connectivity index (χ0v) is 12.8. The highest BCUT2D eigenvalue weighted by Gasteiger charge is 2.35. The average Bonchev–Trinajstić information content (AvgIpc) is 2.89. The summed E-state index contributed by atoms with van der Waals surface area (Å²) in [7, 11) is 0. The second-order valence-electron chi connectivity index (χ2n) is 5.16. The summed E-state index contributed by atoms with van der Waals surface area (Å²) in [5.74, 6) is -1.67. The number of carbonyl (C=O) groups is 2. The largest absolute Gasteiger partial charge is 0.478 e. The maximum absolute atomic E-state index is 12.7. The Morgan fingerprint density at radius 1 is 1.25 bits per heavy atom. The fourth-order valence-electron chi connectivity index (χ4n) is 2.07. The smallest absolute Gasteiger partial charge is 0.435 e. The Hall–Kier alpha value is -2.84. The number of rotatable bonds is 4. The molecule has 24 heavy (non-hydrogen) atoms. The van der Waals surface area contributed by atoms with E-state index in [2.05, 4.69) is 10.4 Å². The number of aromatic nitrogens is 2. The molecule has 1 atom stereocenters. The third-order valence-electron chi connectivity index (χ3n) is 3.36. The number of carbonyl (C=O) groups excluding carboxylic acids is 1. The van der Waals surface area contributed by atoms with Crippen LogP contribution >= 0.6 is 0 Å². The predicted octanol–water partition coefficient (Wildman–Crippen LogP) is 3.11. The van der Waals surface area contributed by atoms with E-state index in [1.807, 2.05) is 0 Å². The van der Waals surface area contributed by atoms with Gasteiger partial charge in [-0.05, 0) is 44.2 Å². The molecular formula is C15H14F3N3O3. The molecule has 128 valence electrons. The van der Waals surface area contributed by atoms with Gasteiger partial charge in [0.15, 0.2) is 5.69 Å². The number of alkyl halides is 3. The van der Waals surface area contributed by atoms with Crippen molar-refractivity contribution in [1.29, 1.82) is 0 Å². The van der Waals surface area contributed by atoms with Gasteiger partial charge in [0.05, 0.1) is 5.56 Å². The van der Waals surface area contributed by atoms with E-state index < -0.39 is 29.8 Å². The Labute approximate surface area is 134 Å². The van der Waals surface area contributed by atoms with Gasteiger partial charge in [0.2, 0.25) is 5.91 Å². The molecule has 0 unspecified atom stereocenters. The lowest BCUT2D eigenvalue weighted by molar-refractivity contribution is -0.141. The van der Waals surface area contributed by atoms with Crippen LogP contribution in [0.1, 0.15) is 34.7 Å². The Balaban J connectivity index is 2.15. The van der Waals surface area contributed by atoms with Crippen molar-refractivity contribution in [3.05, 3.63) is 47.3 Å². The number of carboxylic acids is 1. The highest BCUT2D eigenvalue weighted by molar-refractivity contribution is 5.94. The minimum absolute atomic E-state index is 0.0544.